The Labute approximate surface area is 150 Å². The first-order valence-electron chi connectivity index (χ1n) is 8.50. The Morgan fingerprint density at radius 1 is 0.962 bits per heavy atom. The maximum Gasteiger partial charge on any atom is 0.391 e. The van der Waals surface area contributed by atoms with Crippen molar-refractivity contribution in [3.8, 4) is 11.3 Å². The summed E-state index contributed by atoms with van der Waals surface area (Å²) in [6.45, 7) is 2.84. The lowest BCUT2D eigenvalue weighted by Crippen LogP contribution is -2.54. The number of aromatic nitrogens is 1. The Kier molecular flexibility index (Phi) is 3.86. The number of nitrogens with zero attached hydrogens (tertiary/aromatic N) is 4. The Hall–Kier alpha value is -3.65. The van der Waals surface area contributed by atoms with E-state index in [-0.39, 0.29) is 0 Å². The second kappa shape index (κ2) is 6.34. The summed E-state index contributed by atoms with van der Waals surface area (Å²) in [5.41, 5.74) is 13.7. The molecule has 5 heteroatoms. The van der Waals surface area contributed by atoms with Crippen LogP contribution in [0.5, 0.6) is 0 Å². The summed E-state index contributed by atoms with van der Waals surface area (Å²) in [7, 11) is 0. The number of rotatable bonds is 3. The van der Waals surface area contributed by atoms with Crippen LogP contribution >= 0.6 is 0 Å². The van der Waals surface area contributed by atoms with Crippen LogP contribution in [0.2, 0.25) is 0 Å². The van der Waals surface area contributed by atoms with Crippen LogP contribution in [-0.2, 0) is 6.54 Å². The molecule has 0 aliphatic carbocycles. The van der Waals surface area contributed by atoms with Crippen LogP contribution in [-0.4, -0.2) is 0 Å². The van der Waals surface area contributed by atoms with Gasteiger partial charge in [0, 0.05) is 29.1 Å². The third-order valence-electron chi connectivity index (χ3n) is 4.71. The Morgan fingerprint density at radius 2 is 1.73 bits per heavy atom. The molecule has 4 rings (SSSR count). The van der Waals surface area contributed by atoms with Crippen LogP contribution in [0.4, 0.5) is 11.4 Å². The molecule has 0 radical (unpaired) electrons. The fourth-order valence-electron chi connectivity index (χ4n) is 3.58. The SMILES string of the molecule is CC[n+]1c(-c2ccccc2)c2cc([NH+]=[N-])ccc2c2ccc([N+]#N)cc21. The van der Waals surface area contributed by atoms with Gasteiger partial charge in [0.2, 0.25) is 16.6 Å². The molecule has 0 spiro atoms. The minimum atomic E-state index is 0.520. The second-order valence-corrected chi connectivity index (χ2v) is 6.13. The van der Waals surface area contributed by atoms with Gasteiger partial charge in [-0.05, 0) is 31.2 Å². The third-order valence-corrected chi connectivity index (χ3v) is 4.71. The minimum Gasteiger partial charge on any atom is -0.502 e. The molecule has 0 bridgehead atoms. The lowest BCUT2D eigenvalue weighted by Gasteiger charge is -2.10. The highest BCUT2D eigenvalue weighted by Crippen LogP contribution is 2.33. The molecule has 5 nitrogen and oxygen atoms in total. The van der Waals surface area contributed by atoms with Crippen molar-refractivity contribution in [3.63, 3.8) is 0 Å². The Bertz CT molecular complexity index is 1190. The van der Waals surface area contributed by atoms with Gasteiger partial charge < -0.3 is 5.53 Å². The van der Waals surface area contributed by atoms with Crippen molar-refractivity contribution in [1.29, 1.82) is 5.39 Å². The van der Waals surface area contributed by atoms with Gasteiger partial charge >= 0.3 is 5.69 Å². The molecule has 0 unspecified atom stereocenters. The Balaban J connectivity index is 2.27. The van der Waals surface area contributed by atoms with E-state index in [1.807, 2.05) is 48.5 Å². The van der Waals surface area contributed by atoms with E-state index in [1.54, 1.807) is 6.07 Å². The topological polar surface area (TPSA) is 68.3 Å². The molecule has 1 heterocycles. The first-order valence-corrected chi connectivity index (χ1v) is 8.50. The Morgan fingerprint density at radius 3 is 2.42 bits per heavy atom. The molecule has 0 amide bonds. The number of hydrogen-bond acceptors (Lipinski definition) is 1. The molecule has 0 atom stereocenters. The zero-order valence-electron chi connectivity index (χ0n) is 14.3. The first kappa shape index (κ1) is 15.9. The number of nitrogens with one attached hydrogen (secondary N) is 1. The van der Waals surface area contributed by atoms with Crippen LogP contribution in [0.3, 0.4) is 0 Å². The lowest BCUT2D eigenvalue weighted by atomic mass is 9.98. The zero-order chi connectivity index (χ0) is 18.1. The number of hydrogen-bond donors (Lipinski definition) is 1. The predicted molar refractivity (Wildman–Crippen MR) is 101 cm³/mol. The molecule has 0 fully saturated rings. The largest absolute Gasteiger partial charge is 0.502 e. The molecule has 0 aliphatic heterocycles. The van der Waals surface area contributed by atoms with E-state index < -0.39 is 0 Å². The lowest BCUT2D eigenvalue weighted by molar-refractivity contribution is -0.655. The standard InChI is InChI=1S/C21H17N5/c1-2-26-20-13-16(25-23)9-11-18(20)17-10-8-15(24-22)12-19(17)21(26)14-6-4-3-5-7-14/h3-13,24H,2H2,1H3/q+2. The monoisotopic (exact) mass is 339 g/mol. The molecular weight excluding hydrogens is 322 g/mol. The molecule has 0 saturated heterocycles. The average Bonchev–Trinajstić information content (AvgIpc) is 2.72. The summed E-state index contributed by atoms with van der Waals surface area (Å²) in [5.74, 6) is 0. The van der Waals surface area contributed by atoms with E-state index in [1.165, 1.54) is 0 Å². The molecule has 0 aliphatic rings. The summed E-state index contributed by atoms with van der Waals surface area (Å²) in [6.07, 6.45) is 0. The van der Waals surface area contributed by atoms with E-state index >= 15 is 0 Å². The summed E-state index contributed by atoms with van der Waals surface area (Å²) >= 11 is 0. The zero-order valence-corrected chi connectivity index (χ0v) is 14.3. The van der Waals surface area contributed by atoms with Gasteiger partial charge in [0.1, 0.15) is 12.6 Å². The van der Waals surface area contributed by atoms with Crippen LogP contribution in [0, 0.1) is 5.39 Å². The fraction of sp³-hybridized carbons (Fsp3) is 0.0952. The second-order valence-electron chi connectivity index (χ2n) is 6.13. The van der Waals surface area contributed by atoms with Crippen molar-refractivity contribution in [3.05, 3.63) is 77.2 Å². The summed E-state index contributed by atoms with van der Waals surface area (Å²) < 4.78 is 2.21. The highest BCUT2D eigenvalue weighted by molar-refractivity contribution is 6.10. The number of benzene rings is 3. The van der Waals surface area contributed by atoms with Crippen molar-refractivity contribution in [2.24, 2.45) is 0 Å². The summed E-state index contributed by atoms with van der Waals surface area (Å²) in [5, 5.41) is 14.6. The number of diazo groups is 1. The highest BCUT2D eigenvalue weighted by atomic mass is 15.0. The van der Waals surface area contributed by atoms with E-state index in [0.717, 1.165) is 39.5 Å². The maximum atomic E-state index is 9.37. The van der Waals surface area contributed by atoms with Crippen LogP contribution < -0.4 is 9.68 Å². The van der Waals surface area contributed by atoms with E-state index in [2.05, 4.69) is 33.7 Å². The van der Waals surface area contributed by atoms with E-state index in [0.29, 0.717) is 11.4 Å². The van der Waals surface area contributed by atoms with Gasteiger partial charge in [-0.3, -0.25) is 5.11 Å². The van der Waals surface area contributed by atoms with E-state index in [9.17, 15) is 10.9 Å². The van der Waals surface area contributed by atoms with Gasteiger partial charge in [-0.25, -0.2) is 0 Å². The number of pyridine rings is 1. The predicted octanol–water partition coefficient (Wildman–Crippen LogP) is 4.19. The quantitative estimate of drug-likeness (QED) is 0.259. The molecule has 1 N–H and O–H groups in total. The molecule has 4 aromatic rings. The molecule has 124 valence electrons. The van der Waals surface area contributed by atoms with Crippen LogP contribution in [0.15, 0.2) is 66.7 Å². The molecule has 0 saturated carbocycles. The minimum absolute atomic E-state index is 0.520. The van der Waals surface area contributed by atoms with Gasteiger partial charge in [-0.1, -0.05) is 18.2 Å². The molecule has 3 aromatic carbocycles. The smallest absolute Gasteiger partial charge is 0.391 e. The maximum absolute atomic E-state index is 9.37. The highest BCUT2D eigenvalue weighted by Gasteiger charge is 2.24. The van der Waals surface area contributed by atoms with Crippen LogP contribution in [0.25, 0.3) is 43.4 Å². The van der Waals surface area contributed by atoms with Crippen molar-refractivity contribution in [2.75, 3.05) is 0 Å². The average molecular weight is 339 g/mol. The first-order chi connectivity index (χ1) is 12.8. The van der Waals surface area contributed by atoms with E-state index in [4.69, 9.17) is 0 Å². The molecular formula is C21H17N5+2. The molecule has 1 aromatic heterocycles. The van der Waals surface area contributed by atoms with Crippen molar-refractivity contribution >= 4 is 33.1 Å². The van der Waals surface area contributed by atoms with Gasteiger partial charge in [-0.15, -0.1) is 0 Å². The van der Waals surface area contributed by atoms with Crippen molar-refractivity contribution in [1.82, 2.24) is 0 Å². The van der Waals surface area contributed by atoms with Crippen LogP contribution in [0.1, 0.15) is 6.92 Å². The van der Waals surface area contributed by atoms with Crippen molar-refractivity contribution < 1.29 is 9.68 Å². The third kappa shape index (κ3) is 2.40. The number of aryl methyl sites for hydroxylation is 1. The van der Waals surface area contributed by atoms with Crippen molar-refractivity contribution in [2.45, 2.75) is 13.5 Å². The van der Waals surface area contributed by atoms with Gasteiger partial charge in [0.15, 0.2) is 10.7 Å². The summed E-state index contributed by atoms with van der Waals surface area (Å²) in [4.78, 5) is 3.35. The summed E-state index contributed by atoms with van der Waals surface area (Å²) in [6, 6.07) is 21.6. The van der Waals surface area contributed by atoms with Gasteiger partial charge in [0.05, 0.1) is 10.8 Å². The fourth-order valence-corrected chi connectivity index (χ4v) is 3.58. The van der Waals surface area contributed by atoms with Gasteiger partial charge in [-0.2, -0.15) is 4.57 Å². The number of fused-ring (bicyclic) bond motifs is 3. The molecule has 26 heavy (non-hydrogen) atoms. The van der Waals surface area contributed by atoms with Gasteiger partial charge in [0.25, 0.3) is 0 Å². The normalized spacial score (nSPS) is 10.8.